The highest BCUT2D eigenvalue weighted by molar-refractivity contribution is 7.63. The fourth-order valence-corrected chi connectivity index (χ4v) is 3.65. The standard InChI is InChI=1S/C18H17N2O3P/c19-14-6-10-16(11-7-14)22-24(21,18-4-2-1-3-5-18)23-17-12-8-15(20)9-13-17/h1-13H,19-20H2. The first-order chi connectivity index (χ1) is 11.5. The summed E-state index contributed by atoms with van der Waals surface area (Å²) in [6.07, 6.45) is 0. The molecule has 0 aliphatic rings. The lowest BCUT2D eigenvalue weighted by molar-refractivity contribution is 0.399. The van der Waals surface area contributed by atoms with Crippen LogP contribution < -0.4 is 25.8 Å². The van der Waals surface area contributed by atoms with Crippen LogP contribution in [0.15, 0.2) is 78.9 Å². The molecule has 0 amide bonds. The zero-order valence-electron chi connectivity index (χ0n) is 12.8. The largest absolute Gasteiger partial charge is 0.462 e. The third kappa shape index (κ3) is 3.70. The Kier molecular flexibility index (Phi) is 4.45. The third-order valence-corrected chi connectivity index (χ3v) is 5.12. The molecule has 0 spiro atoms. The van der Waals surface area contributed by atoms with Crippen LogP contribution in [0.25, 0.3) is 0 Å². The van der Waals surface area contributed by atoms with Gasteiger partial charge in [0.25, 0.3) is 0 Å². The van der Waals surface area contributed by atoms with Crippen LogP contribution in [0.3, 0.4) is 0 Å². The fraction of sp³-hybridized carbons (Fsp3) is 0. The predicted octanol–water partition coefficient (Wildman–Crippen LogP) is 3.83. The Morgan fingerprint density at radius 1 is 0.625 bits per heavy atom. The Balaban J connectivity index is 1.95. The zero-order chi connectivity index (χ0) is 17.0. The van der Waals surface area contributed by atoms with Gasteiger partial charge in [0.05, 0.1) is 5.30 Å². The molecule has 0 bridgehead atoms. The van der Waals surface area contributed by atoms with E-state index >= 15 is 0 Å². The molecule has 4 N–H and O–H groups in total. The van der Waals surface area contributed by atoms with Gasteiger partial charge in [0.1, 0.15) is 11.5 Å². The van der Waals surface area contributed by atoms with E-state index in [1.165, 1.54) is 0 Å². The van der Waals surface area contributed by atoms with Crippen molar-refractivity contribution in [1.29, 1.82) is 0 Å². The van der Waals surface area contributed by atoms with Crippen molar-refractivity contribution in [2.24, 2.45) is 0 Å². The zero-order valence-corrected chi connectivity index (χ0v) is 13.7. The highest BCUT2D eigenvalue weighted by Gasteiger charge is 2.31. The number of hydrogen-bond acceptors (Lipinski definition) is 5. The second kappa shape index (κ2) is 6.69. The van der Waals surface area contributed by atoms with Crippen LogP contribution >= 0.6 is 7.60 Å². The first-order valence-electron chi connectivity index (χ1n) is 7.31. The quantitative estimate of drug-likeness (QED) is 0.544. The maximum Gasteiger partial charge on any atom is 0.462 e. The maximum absolute atomic E-state index is 13.4. The van der Waals surface area contributed by atoms with Gasteiger partial charge in [-0.05, 0) is 60.7 Å². The lowest BCUT2D eigenvalue weighted by atomic mass is 10.3. The van der Waals surface area contributed by atoms with Gasteiger partial charge in [0, 0.05) is 11.4 Å². The Hall–Kier alpha value is -2.91. The summed E-state index contributed by atoms with van der Waals surface area (Å²) in [6, 6.07) is 22.1. The molecule has 0 aliphatic heterocycles. The van der Waals surface area contributed by atoms with Gasteiger partial charge in [-0.25, -0.2) is 4.57 Å². The van der Waals surface area contributed by atoms with Crippen LogP contribution in [-0.4, -0.2) is 0 Å². The van der Waals surface area contributed by atoms with Crippen molar-refractivity contribution in [1.82, 2.24) is 0 Å². The maximum atomic E-state index is 13.4. The monoisotopic (exact) mass is 340 g/mol. The molecule has 0 heterocycles. The Morgan fingerprint density at radius 2 is 1.04 bits per heavy atom. The second-order valence-corrected chi connectivity index (χ2v) is 7.03. The summed E-state index contributed by atoms with van der Waals surface area (Å²) in [6.45, 7) is 0. The third-order valence-electron chi connectivity index (χ3n) is 3.28. The normalized spacial score (nSPS) is 11.0. The van der Waals surface area contributed by atoms with Crippen LogP contribution in [0.2, 0.25) is 0 Å². The van der Waals surface area contributed by atoms with Crippen molar-refractivity contribution in [3.63, 3.8) is 0 Å². The molecular weight excluding hydrogens is 323 g/mol. The first kappa shape index (κ1) is 16.0. The van der Waals surface area contributed by atoms with E-state index in [0.29, 0.717) is 28.2 Å². The molecule has 3 rings (SSSR count). The van der Waals surface area contributed by atoms with Gasteiger partial charge >= 0.3 is 7.60 Å². The van der Waals surface area contributed by atoms with Crippen molar-refractivity contribution in [2.75, 3.05) is 11.5 Å². The van der Waals surface area contributed by atoms with Crippen molar-refractivity contribution >= 4 is 24.3 Å². The van der Waals surface area contributed by atoms with E-state index in [1.54, 1.807) is 72.8 Å². The van der Waals surface area contributed by atoms with Gasteiger partial charge in [0.15, 0.2) is 0 Å². The van der Waals surface area contributed by atoms with Crippen LogP contribution in [0, 0.1) is 0 Å². The minimum Gasteiger partial charge on any atom is -0.413 e. The van der Waals surface area contributed by atoms with Crippen molar-refractivity contribution in [2.45, 2.75) is 0 Å². The number of benzene rings is 3. The molecule has 0 fully saturated rings. The minimum absolute atomic E-state index is 0.409. The van der Waals surface area contributed by atoms with Gasteiger partial charge in [-0.15, -0.1) is 0 Å². The molecule has 0 atom stereocenters. The molecule has 0 saturated carbocycles. The van der Waals surface area contributed by atoms with Gasteiger partial charge in [-0.3, -0.25) is 0 Å². The number of anilines is 2. The summed E-state index contributed by atoms with van der Waals surface area (Å²) in [7, 11) is -3.63. The van der Waals surface area contributed by atoms with Crippen LogP contribution in [0.5, 0.6) is 11.5 Å². The Morgan fingerprint density at radius 3 is 1.46 bits per heavy atom. The molecule has 0 aromatic heterocycles. The van der Waals surface area contributed by atoms with Crippen molar-refractivity contribution in [3.8, 4) is 11.5 Å². The van der Waals surface area contributed by atoms with Gasteiger partial charge in [0.2, 0.25) is 0 Å². The van der Waals surface area contributed by atoms with Crippen molar-refractivity contribution < 1.29 is 13.6 Å². The van der Waals surface area contributed by atoms with Gasteiger partial charge < -0.3 is 20.5 Å². The SMILES string of the molecule is Nc1ccc(OP(=O)(Oc2ccc(N)cc2)c2ccccc2)cc1. The molecule has 24 heavy (non-hydrogen) atoms. The average Bonchev–Trinajstić information content (AvgIpc) is 2.60. The summed E-state index contributed by atoms with van der Waals surface area (Å²) in [5.41, 5.74) is 12.5. The number of rotatable bonds is 5. The van der Waals surface area contributed by atoms with E-state index < -0.39 is 7.60 Å². The van der Waals surface area contributed by atoms with Crippen LogP contribution in [0.4, 0.5) is 11.4 Å². The fourth-order valence-electron chi connectivity index (χ4n) is 2.07. The molecule has 0 saturated heterocycles. The van der Waals surface area contributed by atoms with Crippen LogP contribution in [-0.2, 0) is 4.57 Å². The molecule has 0 radical (unpaired) electrons. The summed E-state index contributed by atoms with van der Waals surface area (Å²) in [5, 5.41) is 0.457. The first-order valence-corrected chi connectivity index (χ1v) is 8.85. The molecule has 0 unspecified atom stereocenters. The van der Waals surface area contributed by atoms with E-state index in [9.17, 15) is 4.57 Å². The highest BCUT2D eigenvalue weighted by Crippen LogP contribution is 2.47. The lowest BCUT2D eigenvalue weighted by Gasteiger charge is -2.20. The predicted molar refractivity (Wildman–Crippen MR) is 96.6 cm³/mol. The van der Waals surface area contributed by atoms with Crippen LogP contribution in [0.1, 0.15) is 0 Å². The summed E-state index contributed by atoms with van der Waals surface area (Å²) in [4.78, 5) is 0. The van der Waals surface area contributed by atoms with Gasteiger partial charge in [-0.2, -0.15) is 0 Å². The van der Waals surface area contributed by atoms with Gasteiger partial charge in [-0.1, -0.05) is 18.2 Å². The molecule has 0 aliphatic carbocycles. The van der Waals surface area contributed by atoms with E-state index in [0.717, 1.165) is 0 Å². The van der Waals surface area contributed by atoms with E-state index in [2.05, 4.69) is 0 Å². The average molecular weight is 340 g/mol. The topological polar surface area (TPSA) is 87.6 Å². The Bertz CT molecular complexity index is 798. The van der Waals surface area contributed by atoms with E-state index in [4.69, 9.17) is 20.5 Å². The lowest BCUT2D eigenvalue weighted by Crippen LogP contribution is -2.14. The van der Waals surface area contributed by atoms with E-state index in [-0.39, 0.29) is 0 Å². The summed E-state index contributed by atoms with van der Waals surface area (Å²) >= 11 is 0. The van der Waals surface area contributed by atoms with E-state index in [1.807, 2.05) is 6.07 Å². The molecule has 5 nitrogen and oxygen atoms in total. The number of nitrogens with two attached hydrogens (primary N) is 2. The number of hydrogen-bond donors (Lipinski definition) is 2. The van der Waals surface area contributed by atoms with Crippen molar-refractivity contribution in [3.05, 3.63) is 78.9 Å². The molecule has 122 valence electrons. The Labute approximate surface area is 140 Å². The smallest absolute Gasteiger partial charge is 0.413 e. The minimum atomic E-state index is -3.63. The molecule has 6 heteroatoms. The molecular formula is C18H17N2O3P. The summed E-state index contributed by atoms with van der Waals surface area (Å²) < 4.78 is 24.9. The second-order valence-electron chi connectivity index (χ2n) is 5.15. The summed E-state index contributed by atoms with van der Waals surface area (Å²) in [5.74, 6) is 0.818. The number of nitrogen functional groups attached to an aromatic ring is 2. The highest BCUT2D eigenvalue weighted by atomic mass is 31.2. The molecule has 3 aromatic carbocycles. The molecule has 3 aromatic rings.